The summed E-state index contributed by atoms with van der Waals surface area (Å²) >= 11 is 5.67. The zero-order valence-corrected chi connectivity index (χ0v) is 17.6. The molecule has 7 heteroatoms. The van der Waals surface area contributed by atoms with E-state index in [4.69, 9.17) is 18.0 Å². The molecule has 0 bridgehead atoms. The lowest BCUT2D eigenvalue weighted by molar-refractivity contribution is 0.421. The van der Waals surface area contributed by atoms with E-state index in [9.17, 15) is 8.78 Å². The minimum absolute atomic E-state index is 0. The van der Waals surface area contributed by atoms with Gasteiger partial charge in [-0.25, -0.2) is 8.78 Å². The number of rotatable bonds is 5. The number of benzene rings is 2. The van der Waals surface area contributed by atoms with E-state index in [-0.39, 0.29) is 18.4 Å². The lowest BCUT2D eigenvalue weighted by atomic mass is 9.87. The van der Waals surface area contributed by atoms with E-state index in [1.54, 1.807) is 0 Å². The van der Waals surface area contributed by atoms with Crippen LogP contribution in [0, 0.1) is 16.4 Å². The average Bonchev–Trinajstić information content (AvgIpc) is 3.02. The summed E-state index contributed by atoms with van der Waals surface area (Å²) in [4.78, 5) is 0. The van der Waals surface area contributed by atoms with Crippen LogP contribution in [0.5, 0.6) is 0 Å². The Kier molecular flexibility index (Phi) is 6.88. The first kappa shape index (κ1) is 21.7. The number of aromatic nitrogens is 2. The molecule has 1 aromatic heterocycles. The molecule has 0 unspecified atom stereocenters. The Morgan fingerprint density at radius 3 is 2.59 bits per heavy atom. The van der Waals surface area contributed by atoms with Crippen LogP contribution in [0.4, 0.5) is 8.78 Å². The van der Waals surface area contributed by atoms with Crippen LogP contribution in [0.2, 0.25) is 0 Å². The summed E-state index contributed by atoms with van der Waals surface area (Å²) in [6.07, 6.45) is 5.75. The number of imidazole rings is 1. The lowest BCUT2D eigenvalue weighted by Crippen LogP contribution is -2.20. The van der Waals surface area contributed by atoms with Crippen molar-refractivity contribution in [3.63, 3.8) is 0 Å². The molecule has 1 aliphatic rings. The Hall–Kier alpha value is -2.02. The highest BCUT2D eigenvalue weighted by molar-refractivity contribution is 7.71. The second-order valence-corrected chi connectivity index (χ2v) is 7.69. The molecule has 0 aliphatic heterocycles. The van der Waals surface area contributed by atoms with E-state index in [0.717, 1.165) is 36.6 Å². The lowest BCUT2D eigenvalue weighted by Gasteiger charge is -2.26. The van der Waals surface area contributed by atoms with Gasteiger partial charge in [0.25, 0.3) is 0 Å². The molecule has 0 saturated carbocycles. The first-order valence-corrected chi connectivity index (χ1v) is 9.99. The molecule has 3 aromatic rings. The summed E-state index contributed by atoms with van der Waals surface area (Å²) in [6.45, 7) is 0.322. The maximum absolute atomic E-state index is 14.0. The van der Waals surface area contributed by atoms with Crippen molar-refractivity contribution >= 4 is 24.6 Å². The van der Waals surface area contributed by atoms with E-state index < -0.39 is 11.6 Å². The van der Waals surface area contributed by atoms with Crippen LogP contribution in [-0.4, -0.2) is 9.13 Å². The quantitative estimate of drug-likeness (QED) is 0.562. The van der Waals surface area contributed by atoms with Crippen molar-refractivity contribution in [1.82, 2.24) is 9.13 Å². The average molecular weight is 436 g/mol. The maximum atomic E-state index is 14.0. The molecular weight excluding hydrogens is 412 g/mol. The molecule has 1 aliphatic carbocycles. The number of halogens is 3. The van der Waals surface area contributed by atoms with Crippen molar-refractivity contribution in [3.8, 4) is 0 Å². The standard InChI is InChI=1S/C22H23F2N3S.ClH/c23-17-10-16-11-18(8-9-20(16)21(24)12-17)26-13-19(27(14-25)22(26)28)7-6-15-4-2-1-3-5-15;/h1-5,10,12-13,18H,6-9,11,14,25H2;1H/t18-;/m0./s1. The van der Waals surface area contributed by atoms with Crippen molar-refractivity contribution < 1.29 is 8.78 Å². The van der Waals surface area contributed by atoms with Gasteiger partial charge >= 0.3 is 0 Å². The maximum Gasteiger partial charge on any atom is 0.181 e. The van der Waals surface area contributed by atoms with E-state index in [1.165, 1.54) is 11.6 Å². The number of aryl methyl sites for hydroxylation is 2. The Morgan fingerprint density at radius 2 is 1.86 bits per heavy atom. The normalized spacial score (nSPS) is 15.6. The van der Waals surface area contributed by atoms with Gasteiger partial charge in [0.05, 0.1) is 6.67 Å². The van der Waals surface area contributed by atoms with Crippen LogP contribution in [-0.2, 0) is 32.4 Å². The number of nitrogens with two attached hydrogens (primary N) is 1. The predicted octanol–water partition coefficient (Wildman–Crippen LogP) is 5.15. The van der Waals surface area contributed by atoms with Gasteiger partial charge in [0, 0.05) is 24.0 Å². The highest BCUT2D eigenvalue weighted by atomic mass is 35.5. The molecule has 1 heterocycles. The number of nitrogens with zero attached hydrogens (tertiary/aromatic N) is 2. The Labute approximate surface area is 180 Å². The number of hydrogen-bond acceptors (Lipinski definition) is 2. The van der Waals surface area contributed by atoms with Crippen molar-refractivity contribution in [2.45, 2.75) is 44.8 Å². The largest absolute Gasteiger partial charge is 0.320 e. The van der Waals surface area contributed by atoms with Crippen LogP contribution < -0.4 is 5.73 Å². The molecule has 0 amide bonds. The van der Waals surface area contributed by atoms with Gasteiger partial charge in [-0.05, 0) is 67.1 Å². The Morgan fingerprint density at radius 1 is 1.10 bits per heavy atom. The zero-order valence-electron chi connectivity index (χ0n) is 16.0. The van der Waals surface area contributed by atoms with Crippen molar-refractivity contribution in [1.29, 1.82) is 0 Å². The smallest absolute Gasteiger partial charge is 0.181 e. The molecule has 0 radical (unpaired) electrons. The van der Waals surface area contributed by atoms with Gasteiger partial charge in [-0.15, -0.1) is 12.4 Å². The summed E-state index contributed by atoms with van der Waals surface area (Å²) in [5.41, 5.74) is 9.69. The fraction of sp³-hybridized carbons (Fsp3) is 0.318. The molecule has 4 rings (SSSR count). The topological polar surface area (TPSA) is 35.9 Å². The van der Waals surface area contributed by atoms with E-state index >= 15 is 0 Å². The SMILES string of the molecule is Cl.NCn1c(CCc2ccccc2)cn([C@H]2CCc3c(F)cc(F)cc3C2)c1=S. The van der Waals surface area contributed by atoms with Gasteiger partial charge in [0.2, 0.25) is 0 Å². The summed E-state index contributed by atoms with van der Waals surface area (Å²) < 4.78 is 32.4. The van der Waals surface area contributed by atoms with Crippen LogP contribution in [0.25, 0.3) is 0 Å². The second-order valence-electron chi connectivity index (χ2n) is 7.33. The highest BCUT2D eigenvalue weighted by Gasteiger charge is 2.25. The van der Waals surface area contributed by atoms with E-state index in [2.05, 4.69) is 22.9 Å². The molecule has 154 valence electrons. The van der Waals surface area contributed by atoms with Crippen molar-refractivity contribution in [3.05, 3.63) is 87.5 Å². The van der Waals surface area contributed by atoms with Gasteiger partial charge in [0.1, 0.15) is 11.6 Å². The highest BCUT2D eigenvalue weighted by Crippen LogP contribution is 2.32. The molecule has 0 saturated heterocycles. The van der Waals surface area contributed by atoms with Gasteiger partial charge in [-0.3, -0.25) is 0 Å². The molecule has 29 heavy (non-hydrogen) atoms. The van der Waals surface area contributed by atoms with Gasteiger partial charge in [-0.1, -0.05) is 30.3 Å². The molecule has 2 aromatic carbocycles. The summed E-state index contributed by atoms with van der Waals surface area (Å²) in [6, 6.07) is 12.8. The van der Waals surface area contributed by atoms with Crippen LogP contribution >= 0.6 is 24.6 Å². The van der Waals surface area contributed by atoms with Crippen molar-refractivity contribution in [2.24, 2.45) is 5.73 Å². The molecule has 0 spiro atoms. The van der Waals surface area contributed by atoms with Gasteiger partial charge < -0.3 is 14.9 Å². The number of hydrogen-bond donors (Lipinski definition) is 1. The number of fused-ring (bicyclic) bond motifs is 1. The first-order valence-electron chi connectivity index (χ1n) is 9.58. The van der Waals surface area contributed by atoms with Crippen molar-refractivity contribution in [2.75, 3.05) is 0 Å². The molecule has 1 atom stereocenters. The van der Waals surface area contributed by atoms with Crippen LogP contribution in [0.3, 0.4) is 0 Å². The van der Waals surface area contributed by atoms with E-state index in [1.807, 2.05) is 22.8 Å². The molecule has 2 N–H and O–H groups in total. The molecule has 3 nitrogen and oxygen atoms in total. The van der Waals surface area contributed by atoms with Crippen LogP contribution in [0.1, 0.15) is 34.8 Å². The van der Waals surface area contributed by atoms with Gasteiger partial charge in [-0.2, -0.15) is 0 Å². The minimum Gasteiger partial charge on any atom is -0.320 e. The third-order valence-electron chi connectivity index (χ3n) is 5.61. The van der Waals surface area contributed by atoms with E-state index in [0.29, 0.717) is 29.8 Å². The summed E-state index contributed by atoms with van der Waals surface area (Å²) in [7, 11) is 0. The Bertz CT molecular complexity index is 1050. The summed E-state index contributed by atoms with van der Waals surface area (Å²) in [5.74, 6) is -0.969. The fourth-order valence-corrected chi connectivity index (χ4v) is 4.54. The third kappa shape index (κ3) is 4.44. The predicted molar refractivity (Wildman–Crippen MR) is 116 cm³/mol. The first-order chi connectivity index (χ1) is 13.6. The molecular formula is C22H24ClF2N3S. The molecule has 0 fully saturated rings. The van der Waals surface area contributed by atoms with Crippen LogP contribution in [0.15, 0.2) is 48.7 Å². The monoisotopic (exact) mass is 435 g/mol. The Balaban J connectivity index is 0.00000240. The van der Waals surface area contributed by atoms with Gasteiger partial charge in [0.15, 0.2) is 4.77 Å². The fourth-order valence-electron chi connectivity index (χ4n) is 4.14. The minimum atomic E-state index is -0.524. The zero-order chi connectivity index (χ0) is 19.7. The second kappa shape index (κ2) is 9.20. The third-order valence-corrected chi connectivity index (χ3v) is 6.04. The summed E-state index contributed by atoms with van der Waals surface area (Å²) in [5, 5.41) is 0.